The van der Waals surface area contributed by atoms with Crippen LogP contribution in [0.4, 0.5) is 4.39 Å². The zero-order valence-corrected chi connectivity index (χ0v) is 12.8. The fourth-order valence-electron chi connectivity index (χ4n) is 1.86. The molecule has 0 aliphatic heterocycles. The van der Waals surface area contributed by atoms with Gasteiger partial charge in [-0.3, -0.25) is 4.79 Å². The molecular formula is C15H16ClFN2O3. The Kier molecular flexibility index (Phi) is 5.77. The van der Waals surface area contributed by atoms with Gasteiger partial charge in [0.1, 0.15) is 18.2 Å². The maximum Gasteiger partial charge on any atom is 0.229 e. The van der Waals surface area contributed by atoms with Crippen LogP contribution in [0.5, 0.6) is 5.75 Å². The van der Waals surface area contributed by atoms with Gasteiger partial charge in [0.05, 0.1) is 12.2 Å². The number of carbonyl (C=O) groups is 1. The summed E-state index contributed by atoms with van der Waals surface area (Å²) < 4.78 is 22.9. The molecule has 1 aromatic heterocycles. The molecule has 5 nitrogen and oxygen atoms in total. The summed E-state index contributed by atoms with van der Waals surface area (Å²) >= 11 is 5.83. The molecule has 22 heavy (non-hydrogen) atoms. The molecule has 0 saturated carbocycles. The van der Waals surface area contributed by atoms with Crippen LogP contribution in [-0.4, -0.2) is 24.2 Å². The van der Waals surface area contributed by atoms with Gasteiger partial charge in [0.15, 0.2) is 0 Å². The van der Waals surface area contributed by atoms with Crippen LogP contribution in [0.2, 0.25) is 5.22 Å². The third kappa shape index (κ3) is 4.73. The molecule has 0 aliphatic rings. The Balaban J connectivity index is 1.65. The molecule has 118 valence electrons. The zero-order valence-electron chi connectivity index (χ0n) is 12.1. The molecule has 0 radical (unpaired) electrons. The zero-order chi connectivity index (χ0) is 15.9. The highest BCUT2D eigenvalue weighted by molar-refractivity contribution is 6.29. The summed E-state index contributed by atoms with van der Waals surface area (Å²) in [5.41, 5.74) is 1.44. The molecule has 2 rings (SSSR count). The predicted molar refractivity (Wildman–Crippen MR) is 79.5 cm³/mol. The van der Waals surface area contributed by atoms with Crippen LogP contribution >= 0.6 is 11.6 Å². The number of benzene rings is 1. The van der Waals surface area contributed by atoms with Gasteiger partial charge >= 0.3 is 0 Å². The number of halogens is 2. The lowest BCUT2D eigenvalue weighted by molar-refractivity contribution is -0.121. The van der Waals surface area contributed by atoms with Crippen molar-refractivity contribution in [3.05, 3.63) is 46.6 Å². The van der Waals surface area contributed by atoms with Gasteiger partial charge in [-0.2, -0.15) is 0 Å². The minimum absolute atomic E-state index is 0.112. The normalized spacial score (nSPS) is 10.5. The largest absolute Gasteiger partial charge is 0.492 e. The summed E-state index contributed by atoms with van der Waals surface area (Å²) in [4.78, 5) is 11.7. The Bertz CT molecular complexity index is 609. The lowest BCUT2D eigenvalue weighted by Crippen LogP contribution is -2.28. The molecule has 0 bridgehead atoms. The second kappa shape index (κ2) is 7.79. The number of hydrogen-bond donors (Lipinski definition) is 1. The summed E-state index contributed by atoms with van der Waals surface area (Å²) in [5, 5.41) is 6.68. The van der Waals surface area contributed by atoms with E-state index in [1.165, 1.54) is 24.3 Å². The quantitative estimate of drug-likeness (QED) is 0.795. The van der Waals surface area contributed by atoms with Crippen molar-refractivity contribution in [1.29, 1.82) is 0 Å². The number of amides is 1. The average Bonchev–Trinajstić information content (AvgIpc) is 2.82. The van der Waals surface area contributed by atoms with Gasteiger partial charge in [0, 0.05) is 12.0 Å². The second-order valence-corrected chi connectivity index (χ2v) is 5.02. The van der Waals surface area contributed by atoms with Gasteiger partial charge in [0.2, 0.25) is 11.1 Å². The summed E-state index contributed by atoms with van der Waals surface area (Å²) in [5.74, 6) is 0.130. The van der Waals surface area contributed by atoms with Gasteiger partial charge in [-0.15, -0.1) is 0 Å². The number of nitrogens with one attached hydrogen (secondary N) is 1. The van der Waals surface area contributed by atoms with Gasteiger partial charge < -0.3 is 14.6 Å². The maximum absolute atomic E-state index is 12.7. The molecule has 0 spiro atoms. The number of ether oxygens (including phenoxy) is 1. The fraction of sp³-hybridized carbons (Fsp3) is 0.333. The third-order valence-electron chi connectivity index (χ3n) is 3.05. The van der Waals surface area contributed by atoms with Crippen molar-refractivity contribution < 1.29 is 18.4 Å². The molecule has 0 atom stereocenters. The van der Waals surface area contributed by atoms with Crippen molar-refractivity contribution in [1.82, 2.24) is 10.5 Å². The summed E-state index contributed by atoms with van der Waals surface area (Å²) in [6, 6.07) is 5.71. The van der Waals surface area contributed by atoms with Crippen molar-refractivity contribution in [2.24, 2.45) is 0 Å². The monoisotopic (exact) mass is 326 g/mol. The van der Waals surface area contributed by atoms with Crippen molar-refractivity contribution >= 4 is 17.5 Å². The molecule has 0 unspecified atom stereocenters. The van der Waals surface area contributed by atoms with Crippen molar-refractivity contribution in [2.75, 3.05) is 13.2 Å². The summed E-state index contributed by atoms with van der Waals surface area (Å²) in [6.45, 7) is 2.45. The van der Waals surface area contributed by atoms with Crippen LogP contribution in [0.1, 0.15) is 17.7 Å². The number of aromatic nitrogens is 1. The van der Waals surface area contributed by atoms with E-state index in [9.17, 15) is 9.18 Å². The predicted octanol–water partition coefficient (Wildman–Crippen LogP) is 2.90. The number of nitrogens with zero attached hydrogens (tertiary/aromatic N) is 1. The van der Waals surface area contributed by atoms with Crippen LogP contribution in [0, 0.1) is 12.7 Å². The first-order chi connectivity index (χ1) is 10.6. The Hall–Kier alpha value is -2.08. The first kappa shape index (κ1) is 16.3. The fourth-order valence-corrected chi connectivity index (χ4v) is 2.12. The lowest BCUT2D eigenvalue weighted by Gasteiger charge is -2.07. The Morgan fingerprint density at radius 3 is 2.77 bits per heavy atom. The highest BCUT2D eigenvalue weighted by Gasteiger charge is 2.12. The van der Waals surface area contributed by atoms with Crippen LogP contribution < -0.4 is 10.1 Å². The Morgan fingerprint density at radius 1 is 1.41 bits per heavy atom. The molecular weight excluding hydrogens is 311 g/mol. The van der Waals surface area contributed by atoms with Crippen LogP contribution in [0.3, 0.4) is 0 Å². The first-order valence-corrected chi connectivity index (χ1v) is 7.20. The summed E-state index contributed by atoms with van der Waals surface area (Å²) in [7, 11) is 0. The van der Waals surface area contributed by atoms with E-state index >= 15 is 0 Å². The maximum atomic E-state index is 12.7. The topological polar surface area (TPSA) is 64.4 Å². The molecule has 1 N–H and O–H groups in total. The Labute approximate surface area is 132 Å². The first-order valence-electron chi connectivity index (χ1n) is 6.82. The van der Waals surface area contributed by atoms with Gasteiger partial charge in [-0.25, -0.2) is 4.39 Å². The van der Waals surface area contributed by atoms with Crippen molar-refractivity contribution in [3.8, 4) is 5.75 Å². The van der Waals surface area contributed by atoms with Crippen molar-refractivity contribution in [2.45, 2.75) is 19.8 Å². The molecule has 1 aromatic carbocycles. The molecule has 1 heterocycles. The van der Waals surface area contributed by atoms with E-state index in [1.807, 2.05) is 0 Å². The van der Waals surface area contributed by atoms with Crippen LogP contribution in [0.15, 0.2) is 28.8 Å². The molecule has 0 fully saturated rings. The number of rotatable bonds is 7. The number of hydrogen-bond acceptors (Lipinski definition) is 4. The molecule has 7 heteroatoms. The molecule has 2 aromatic rings. The third-order valence-corrected chi connectivity index (χ3v) is 3.34. The van der Waals surface area contributed by atoms with E-state index in [4.69, 9.17) is 20.9 Å². The standard InChI is InChI=1S/C15H16ClFN2O3/c1-10-13(15(16)22-19-10)6-7-14(20)18-8-9-21-12-4-2-11(17)3-5-12/h2-5H,6-9H2,1H3,(H,18,20). The van der Waals surface area contributed by atoms with E-state index in [1.54, 1.807) is 6.92 Å². The SMILES string of the molecule is Cc1noc(Cl)c1CCC(=O)NCCOc1ccc(F)cc1. The highest BCUT2D eigenvalue weighted by atomic mass is 35.5. The summed E-state index contributed by atoms with van der Waals surface area (Å²) in [6.07, 6.45) is 0.761. The van der Waals surface area contributed by atoms with E-state index in [2.05, 4.69) is 10.5 Å². The second-order valence-electron chi connectivity index (χ2n) is 4.67. The molecule has 1 amide bonds. The average molecular weight is 327 g/mol. The Morgan fingerprint density at radius 2 is 2.14 bits per heavy atom. The minimum atomic E-state index is -0.316. The van der Waals surface area contributed by atoms with Gasteiger partial charge in [-0.05, 0) is 49.2 Å². The van der Waals surface area contributed by atoms with E-state index in [-0.39, 0.29) is 16.9 Å². The van der Waals surface area contributed by atoms with Gasteiger partial charge in [0.25, 0.3) is 0 Å². The van der Waals surface area contributed by atoms with E-state index < -0.39 is 0 Å². The van der Waals surface area contributed by atoms with Crippen LogP contribution in [0.25, 0.3) is 0 Å². The molecule has 0 saturated heterocycles. The van der Waals surface area contributed by atoms with Gasteiger partial charge in [-0.1, -0.05) is 5.16 Å². The van der Waals surface area contributed by atoms with E-state index in [0.717, 1.165) is 5.56 Å². The number of carbonyl (C=O) groups excluding carboxylic acids is 1. The van der Waals surface area contributed by atoms with E-state index in [0.29, 0.717) is 37.4 Å². The van der Waals surface area contributed by atoms with Crippen LogP contribution in [-0.2, 0) is 11.2 Å². The highest BCUT2D eigenvalue weighted by Crippen LogP contribution is 2.20. The lowest BCUT2D eigenvalue weighted by atomic mass is 10.1. The number of aryl methyl sites for hydroxylation is 1. The van der Waals surface area contributed by atoms with Crippen molar-refractivity contribution in [3.63, 3.8) is 0 Å². The minimum Gasteiger partial charge on any atom is -0.492 e. The smallest absolute Gasteiger partial charge is 0.229 e. The molecule has 0 aliphatic carbocycles.